The van der Waals surface area contributed by atoms with Gasteiger partial charge in [-0.05, 0) is 49.9 Å². The summed E-state index contributed by atoms with van der Waals surface area (Å²) < 4.78 is 26.3. The van der Waals surface area contributed by atoms with E-state index in [2.05, 4.69) is 22.9 Å². The van der Waals surface area contributed by atoms with Crippen molar-refractivity contribution in [1.29, 1.82) is 0 Å². The second kappa shape index (κ2) is 10.4. The highest BCUT2D eigenvalue weighted by Crippen LogP contribution is 2.26. The Labute approximate surface area is 158 Å². The number of nitrogens with one attached hydrogen (secondary N) is 3. The summed E-state index contributed by atoms with van der Waals surface area (Å²) in [5.41, 5.74) is -0.0698. The van der Waals surface area contributed by atoms with Crippen LogP contribution in [0.5, 0.6) is 0 Å². The maximum atomic E-state index is 13.5. The Hall–Kier alpha value is -1.73. The van der Waals surface area contributed by atoms with Gasteiger partial charge in [0.15, 0.2) is 0 Å². The molecule has 0 aliphatic carbocycles. The smallest absolute Gasteiger partial charge is 0.254 e. The van der Waals surface area contributed by atoms with Crippen molar-refractivity contribution < 1.29 is 18.4 Å². The summed E-state index contributed by atoms with van der Waals surface area (Å²) in [6.45, 7) is 5.02. The van der Waals surface area contributed by atoms with Gasteiger partial charge in [0.1, 0.15) is 11.6 Å². The predicted molar refractivity (Wildman–Crippen MR) is 98.4 cm³/mol. The molecule has 1 aliphatic rings. The Balaban J connectivity index is 0.00000338. The number of halogens is 3. The number of amides is 2. The fourth-order valence-electron chi connectivity index (χ4n) is 2.83. The maximum absolute atomic E-state index is 13.5. The molecule has 1 heterocycles. The average Bonchev–Trinajstić information content (AvgIpc) is 2.57. The number of hydrogen-bond donors (Lipinski definition) is 3. The lowest BCUT2D eigenvalue weighted by Gasteiger charge is -2.34. The molecule has 1 aromatic rings. The van der Waals surface area contributed by atoms with Gasteiger partial charge in [-0.2, -0.15) is 0 Å². The molecule has 1 aromatic carbocycles. The van der Waals surface area contributed by atoms with Crippen molar-refractivity contribution in [3.8, 4) is 0 Å². The van der Waals surface area contributed by atoms with Gasteiger partial charge in [0.2, 0.25) is 5.91 Å². The highest BCUT2D eigenvalue weighted by atomic mass is 35.5. The van der Waals surface area contributed by atoms with Gasteiger partial charge in [0.25, 0.3) is 5.91 Å². The van der Waals surface area contributed by atoms with Crippen LogP contribution in [0.15, 0.2) is 18.2 Å². The first-order chi connectivity index (χ1) is 11.9. The Bertz CT molecular complexity index is 622. The van der Waals surface area contributed by atoms with Crippen molar-refractivity contribution in [2.24, 2.45) is 5.41 Å². The van der Waals surface area contributed by atoms with Crippen molar-refractivity contribution in [1.82, 2.24) is 16.0 Å². The number of benzene rings is 1. The van der Waals surface area contributed by atoms with E-state index in [4.69, 9.17) is 0 Å². The first-order valence-electron chi connectivity index (χ1n) is 8.60. The summed E-state index contributed by atoms with van der Waals surface area (Å²) in [4.78, 5) is 23.7. The lowest BCUT2D eigenvalue weighted by Crippen LogP contribution is -2.43. The highest BCUT2D eigenvalue weighted by molar-refractivity contribution is 5.94. The van der Waals surface area contributed by atoms with Gasteiger partial charge in [-0.1, -0.05) is 6.92 Å². The van der Waals surface area contributed by atoms with Crippen LogP contribution in [-0.2, 0) is 4.79 Å². The minimum atomic E-state index is -0.898. The molecule has 2 rings (SSSR count). The van der Waals surface area contributed by atoms with Gasteiger partial charge < -0.3 is 16.0 Å². The molecule has 0 atom stereocenters. The molecule has 3 N–H and O–H groups in total. The lowest BCUT2D eigenvalue weighted by molar-refractivity contribution is -0.121. The zero-order chi connectivity index (χ0) is 18.3. The summed E-state index contributed by atoms with van der Waals surface area (Å²) in [6.07, 6.45) is 2.82. The molecule has 0 saturated carbocycles. The molecule has 0 aromatic heterocycles. The fourth-order valence-corrected chi connectivity index (χ4v) is 2.83. The normalized spacial score (nSPS) is 15.7. The van der Waals surface area contributed by atoms with Crippen molar-refractivity contribution in [2.75, 3.05) is 26.2 Å². The van der Waals surface area contributed by atoms with Crippen LogP contribution in [-0.4, -0.2) is 38.0 Å². The summed E-state index contributed by atoms with van der Waals surface area (Å²) in [5.74, 6) is -2.29. The summed E-state index contributed by atoms with van der Waals surface area (Å²) in [7, 11) is 0. The third kappa shape index (κ3) is 6.88. The number of carbonyl (C=O) groups is 2. The van der Waals surface area contributed by atoms with Crippen molar-refractivity contribution >= 4 is 24.2 Å². The van der Waals surface area contributed by atoms with E-state index >= 15 is 0 Å². The third-order valence-corrected chi connectivity index (χ3v) is 4.56. The van der Waals surface area contributed by atoms with E-state index in [-0.39, 0.29) is 35.8 Å². The van der Waals surface area contributed by atoms with E-state index in [9.17, 15) is 18.4 Å². The fraction of sp³-hybridized carbons (Fsp3) is 0.556. The first-order valence-corrected chi connectivity index (χ1v) is 8.60. The molecule has 0 spiro atoms. The Morgan fingerprint density at radius 3 is 2.54 bits per heavy atom. The molecule has 1 fully saturated rings. The minimum absolute atomic E-state index is 0. The van der Waals surface area contributed by atoms with Crippen LogP contribution < -0.4 is 16.0 Å². The Morgan fingerprint density at radius 1 is 1.19 bits per heavy atom. The van der Waals surface area contributed by atoms with Gasteiger partial charge in [-0.25, -0.2) is 8.78 Å². The molecule has 146 valence electrons. The Morgan fingerprint density at radius 2 is 1.88 bits per heavy atom. The summed E-state index contributed by atoms with van der Waals surface area (Å²) >= 11 is 0. The number of piperidine rings is 1. The van der Waals surface area contributed by atoms with Gasteiger partial charge >= 0.3 is 0 Å². The van der Waals surface area contributed by atoms with Crippen molar-refractivity contribution in [3.05, 3.63) is 35.4 Å². The SMILES string of the molecule is CC1(CNC(=O)CCCNC(=O)c2ccc(F)cc2F)CCNCC1.Cl. The van der Waals surface area contributed by atoms with Crippen molar-refractivity contribution in [3.63, 3.8) is 0 Å². The third-order valence-electron chi connectivity index (χ3n) is 4.56. The van der Waals surface area contributed by atoms with Crippen LogP contribution in [0.1, 0.15) is 43.0 Å². The highest BCUT2D eigenvalue weighted by Gasteiger charge is 2.26. The van der Waals surface area contributed by atoms with Crippen LogP contribution in [0.3, 0.4) is 0 Å². The Kier molecular flexibility index (Phi) is 8.95. The number of rotatable bonds is 7. The van der Waals surface area contributed by atoms with E-state index in [0.717, 1.165) is 38.1 Å². The second-order valence-electron chi connectivity index (χ2n) is 6.82. The minimum Gasteiger partial charge on any atom is -0.356 e. The van der Waals surface area contributed by atoms with E-state index < -0.39 is 17.5 Å². The van der Waals surface area contributed by atoms with Gasteiger partial charge in [0.05, 0.1) is 5.56 Å². The summed E-state index contributed by atoms with van der Waals surface area (Å²) in [6, 6.07) is 2.81. The van der Waals surface area contributed by atoms with Gasteiger partial charge in [0, 0.05) is 25.6 Å². The largest absolute Gasteiger partial charge is 0.356 e. The molecular formula is C18H26ClF2N3O2. The van der Waals surface area contributed by atoms with E-state index in [1.165, 1.54) is 0 Å². The zero-order valence-electron chi connectivity index (χ0n) is 14.9. The van der Waals surface area contributed by atoms with Crippen LogP contribution in [0.4, 0.5) is 8.78 Å². The lowest BCUT2D eigenvalue weighted by atomic mass is 9.81. The molecule has 26 heavy (non-hydrogen) atoms. The number of carbonyl (C=O) groups excluding carboxylic acids is 2. The van der Waals surface area contributed by atoms with Crippen molar-refractivity contribution in [2.45, 2.75) is 32.6 Å². The molecule has 1 aliphatic heterocycles. The predicted octanol–water partition coefficient (Wildman–Crippen LogP) is 2.40. The molecule has 2 amide bonds. The second-order valence-corrected chi connectivity index (χ2v) is 6.82. The van der Waals surface area contributed by atoms with Crippen LogP contribution >= 0.6 is 12.4 Å². The van der Waals surface area contributed by atoms with E-state index in [1.807, 2.05) is 0 Å². The van der Waals surface area contributed by atoms with E-state index in [0.29, 0.717) is 25.5 Å². The average molecular weight is 390 g/mol. The standard InChI is InChI=1S/C18H25F2N3O2.ClH/c1-18(6-9-21-10-7-18)12-23-16(24)3-2-8-22-17(25)14-5-4-13(19)11-15(14)20;/h4-5,11,21H,2-3,6-10,12H2,1H3,(H,22,25)(H,23,24);1H. The van der Waals surface area contributed by atoms with Crippen LogP contribution in [0, 0.1) is 17.0 Å². The van der Waals surface area contributed by atoms with E-state index in [1.54, 1.807) is 0 Å². The molecule has 0 radical (unpaired) electrons. The monoisotopic (exact) mass is 389 g/mol. The quantitative estimate of drug-likeness (QED) is 0.627. The number of hydrogen-bond acceptors (Lipinski definition) is 3. The molecule has 5 nitrogen and oxygen atoms in total. The first kappa shape index (κ1) is 22.3. The maximum Gasteiger partial charge on any atom is 0.254 e. The summed E-state index contributed by atoms with van der Waals surface area (Å²) in [5, 5.41) is 8.78. The molecule has 0 bridgehead atoms. The van der Waals surface area contributed by atoms with Gasteiger partial charge in [-0.15, -0.1) is 12.4 Å². The van der Waals surface area contributed by atoms with Crippen LogP contribution in [0.25, 0.3) is 0 Å². The van der Waals surface area contributed by atoms with Crippen LogP contribution in [0.2, 0.25) is 0 Å². The molecular weight excluding hydrogens is 364 g/mol. The molecule has 8 heteroatoms. The zero-order valence-corrected chi connectivity index (χ0v) is 15.7. The van der Waals surface area contributed by atoms with Gasteiger partial charge in [-0.3, -0.25) is 9.59 Å². The molecule has 1 saturated heterocycles. The topological polar surface area (TPSA) is 70.2 Å². The molecule has 0 unspecified atom stereocenters.